The van der Waals surface area contributed by atoms with Gasteiger partial charge in [-0.25, -0.2) is 4.39 Å². The van der Waals surface area contributed by atoms with Gasteiger partial charge < -0.3 is 10.6 Å². The third-order valence-corrected chi connectivity index (χ3v) is 4.25. The molecule has 3 rings (SSSR count). The lowest BCUT2D eigenvalue weighted by atomic mass is 10.0. The molecule has 1 saturated carbocycles. The first-order valence-electron chi connectivity index (χ1n) is 8.45. The Labute approximate surface area is 142 Å². The van der Waals surface area contributed by atoms with Gasteiger partial charge in [-0.2, -0.15) is 0 Å². The van der Waals surface area contributed by atoms with Crippen molar-refractivity contribution < 1.29 is 9.18 Å². The van der Waals surface area contributed by atoms with E-state index in [1.165, 1.54) is 17.7 Å². The summed E-state index contributed by atoms with van der Waals surface area (Å²) in [7, 11) is 0. The zero-order chi connectivity index (χ0) is 17.1. The van der Waals surface area contributed by atoms with Crippen molar-refractivity contribution in [2.75, 3.05) is 5.32 Å². The van der Waals surface area contributed by atoms with E-state index >= 15 is 0 Å². The Morgan fingerprint density at radius 2 is 1.79 bits per heavy atom. The molecule has 1 atom stereocenters. The first-order chi connectivity index (χ1) is 11.5. The van der Waals surface area contributed by atoms with Crippen LogP contribution in [0.1, 0.15) is 49.8 Å². The van der Waals surface area contributed by atoms with Crippen LogP contribution in [0, 0.1) is 5.82 Å². The maximum atomic E-state index is 13.2. The highest BCUT2D eigenvalue weighted by molar-refractivity contribution is 5.86. The van der Waals surface area contributed by atoms with Gasteiger partial charge in [-0.1, -0.05) is 38.1 Å². The first-order valence-corrected chi connectivity index (χ1v) is 8.45. The van der Waals surface area contributed by atoms with Crippen LogP contribution in [0.25, 0.3) is 0 Å². The summed E-state index contributed by atoms with van der Waals surface area (Å²) in [5.41, 5.74) is 2.85. The van der Waals surface area contributed by atoms with Gasteiger partial charge in [0.2, 0.25) is 5.91 Å². The van der Waals surface area contributed by atoms with E-state index in [4.69, 9.17) is 0 Å². The Morgan fingerprint density at radius 3 is 2.42 bits per heavy atom. The van der Waals surface area contributed by atoms with E-state index < -0.39 is 6.04 Å². The Bertz CT molecular complexity index is 708. The van der Waals surface area contributed by atoms with Crippen molar-refractivity contribution in [3.63, 3.8) is 0 Å². The monoisotopic (exact) mass is 326 g/mol. The van der Waals surface area contributed by atoms with Gasteiger partial charge in [0.05, 0.1) is 0 Å². The summed E-state index contributed by atoms with van der Waals surface area (Å²) in [6.45, 7) is 4.27. The Kier molecular flexibility index (Phi) is 4.84. The Hall–Kier alpha value is -2.36. The molecule has 0 bridgehead atoms. The number of anilines is 1. The highest BCUT2D eigenvalue weighted by Gasteiger charge is 2.28. The minimum Gasteiger partial charge on any atom is -0.370 e. The molecule has 2 aromatic carbocycles. The maximum Gasteiger partial charge on any atom is 0.247 e. The fourth-order valence-electron chi connectivity index (χ4n) is 2.62. The molecule has 0 radical (unpaired) electrons. The second kappa shape index (κ2) is 7.04. The third kappa shape index (κ3) is 4.13. The standard InChI is InChI=1S/C20H23FN2O/c1-13(2)15-4-3-5-18(12-15)22-19(20(24)23-17-10-11-17)14-6-8-16(21)9-7-14/h3-9,12-13,17,19,22H,10-11H2,1-2H3,(H,23,24). The Morgan fingerprint density at radius 1 is 1.08 bits per heavy atom. The number of halogens is 1. The molecule has 0 aliphatic heterocycles. The molecule has 1 amide bonds. The zero-order valence-electron chi connectivity index (χ0n) is 14.1. The molecular formula is C20H23FN2O. The average molecular weight is 326 g/mol. The smallest absolute Gasteiger partial charge is 0.247 e. The topological polar surface area (TPSA) is 41.1 Å². The molecular weight excluding hydrogens is 303 g/mol. The van der Waals surface area contributed by atoms with Crippen molar-refractivity contribution in [1.29, 1.82) is 0 Å². The van der Waals surface area contributed by atoms with Gasteiger partial charge in [-0.05, 0) is 54.2 Å². The van der Waals surface area contributed by atoms with Crippen molar-refractivity contribution >= 4 is 11.6 Å². The highest BCUT2D eigenvalue weighted by Crippen LogP contribution is 2.26. The number of carbonyl (C=O) groups excluding carboxylic acids is 1. The number of carbonyl (C=O) groups is 1. The SMILES string of the molecule is CC(C)c1cccc(NC(C(=O)NC2CC2)c2ccc(F)cc2)c1. The van der Waals surface area contributed by atoms with Gasteiger partial charge in [0.1, 0.15) is 11.9 Å². The van der Waals surface area contributed by atoms with Gasteiger partial charge in [-0.3, -0.25) is 4.79 Å². The van der Waals surface area contributed by atoms with Gasteiger partial charge in [-0.15, -0.1) is 0 Å². The van der Waals surface area contributed by atoms with Crippen LogP contribution >= 0.6 is 0 Å². The average Bonchev–Trinajstić information content (AvgIpc) is 3.38. The molecule has 0 heterocycles. The van der Waals surface area contributed by atoms with E-state index in [0.717, 1.165) is 24.1 Å². The lowest BCUT2D eigenvalue weighted by Gasteiger charge is -2.21. The van der Waals surface area contributed by atoms with E-state index in [2.05, 4.69) is 36.6 Å². The molecule has 2 aromatic rings. The molecule has 1 unspecified atom stereocenters. The summed E-state index contributed by atoms with van der Waals surface area (Å²) >= 11 is 0. The molecule has 126 valence electrons. The zero-order valence-corrected chi connectivity index (χ0v) is 14.1. The minimum absolute atomic E-state index is 0.0703. The van der Waals surface area contributed by atoms with Crippen LogP contribution < -0.4 is 10.6 Å². The molecule has 1 fully saturated rings. The lowest BCUT2D eigenvalue weighted by molar-refractivity contribution is -0.122. The van der Waals surface area contributed by atoms with E-state index in [-0.39, 0.29) is 17.8 Å². The second-order valence-electron chi connectivity index (χ2n) is 6.69. The Balaban J connectivity index is 1.84. The normalized spacial score (nSPS) is 15.2. The van der Waals surface area contributed by atoms with E-state index in [1.54, 1.807) is 12.1 Å². The minimum atomic E-state index is -0.534. The van der Waals surface area contributed by atoms with Crippen LogP contribution in [-0.2, 0) is 4.79 Å². The molecule has 24 heavy (non-hydrogen) atoms. The molecule has 4 heteroatoms. The number of hydrogen-bond acceptors (Lipinski definition) is 2. The predicted molar refractivity (Wildman–Crippen MR) is 94.5 cm³/mol. The second-order valence-corrected chi connectivity index (χ2v) is 6.69. The molecule has 0 aromatic heterocycles. The summed E-state index contributed by atoms with van der Waals surface area (Å²) < 4.78 is 13.2. The first kappa shape index (κ1) is 16.5. The van der Waals surface area contributed by atoms with Crippen molar-refractivity contribution in [3.8, 4) is 0 Å². The summed E-state index contributed by atoms with van der Waals surface area (Å²) in [6, 6.07) is 13.9. The molecule has 3 nitrogen and oxygen atoms in total. The predicted octanol–water partition coefficient (Wildman–Crippen LogP) is 4.38. The molecule has 1 aliphatic rings. The largest absolute Gasteiger partial charge is 0.370 e. The summed E-state index contributed by atoms with van der Waals surface area (Å²) in [4.78, 5) is 12.6. The van der Waals surface area contributed by atoms with Crippen molar-refractivity contribution in [1.82, 2.24) is 5.32 Å². The quantitative estimate of drug-likeness (QED) is 0.827. The number of hydrogen-bond donors (Lipinski definition) is 2. The van der Waals surface area contributed by atoms with Gasteiger partial charge in [0, 0.05) is 11.7 Å². The number of amides is 1. The molecule has 0 saturated heterocycles. The van der Waals surface area contributed by atoms with Crippen LogP contribution in [-0.4, -0.2) is 11.9 Å². The van der Waals surface area contributed by atoms with Gasteiger partial charge in [0.15, 0.2) is 0 Å². The number of nitrogens with one attached hydrogen (secondary N) is 2. The molecule has 1 aliphatic carbocycles. The maximum absolute atomic E-state index is 13.2. The van der Waals surface area contributed by atoms with Crippen molar-refractivity contribution in [3.05, 3.63) is 65.5 Å². The number of rotatable bonds is 6. The number of benzene rings is 2. The van der Waals surface area contributed by atoms with Crippen LogP contribution in [0.4, 0.5) is 10.1 Å². The molecule has 2 N–H and O–H groups in total. The van der Waals surface area contributed by atoms with Gasteiger partial charge in [0.25, 0.3) is 0 Å². The fourth-order valence-corrected chi connectivity index (χ4v) is 2.62. The van der Waals surface area contributed by atoms with Gasteiger partial charge >= 0.3 is 0 Å². The summed E-state index contributed by atoms with van der Waals surface area (Å²) in [5.74, 6) is 0.0391. The van der Waals surface area contributed by atoms with Crippen LogP contribution in [0.5, 0.6) is 0 Å². The van der Waals surface area contributed by atoms with E-state index in [1.807, 2.05) is 12.1 Å². The van der Waals surface area contributed by atoms with E-state index in [0.29, 0.717) is 5.92 Å². The van der Waals surface area contributed by atoms with Crippen LogP contribution in [0.3, 0.4) is 0 Å². The third-order valence-electron chi connectivity index (χ3n) is 4.25. The van der Waals surface area contributed by atoms with Crippen molar-refractivity contribution in [2.24, 2.45) is 0 Å². The van der Waals surface area contributed by atoms with Crippen LogP contribution in [0.2, 0.25) is 0 Å². The molecule has 0 spiro atoms. The van der Waals surface area contributed by atoms with Crippen molar-refractivity contribution in [2.45, 2.75) is 44.7 Å². The summed E-state index contributed by atoms with van der Waals surface area (Å²) in [5, 5.41) is 6.34. The fraction of sp³-hybridized carbons (Fsp3) is 0.350. The highest BCUT2D eigenvalue weighted by atomic mass is 19.1. The summed E-state index contributed by atoms with van der Waals surface area (Å²) in [6.07, 6.45) is 2.06. The van der Waals surface area contributed by atoms with E-state index in [9.17, 15) is 9.18 Å². The lowest BCUT2D eigenvalue weighted by Crippen LogP contribution is -2.34. The van der Waals surface area contributed by atoms with Crippen LogP contribution in [0.15, 0.2) is 48.5 Å².